The number of carbonyl (C=O) groups is 1. The lowest BCUT2D eigenvalue weighted by atomic mass is 10.2. The first kappa shape index (κ1) is 17.1. The van der Waals surface area contributed by atoms with Crippen LogP contribution in [0.4, 0.5) is 16.6 Å². The number of benzene rings is 1. The van der Waals surface area contributed by atoms with E-state index in [0.29, 0.717) is 26.5 Å². The van der Waals surface area contributed by atoms with Gasteiger partial charge in [-0.3, -0.25) is 9.78 Å². The molecule has 2 N–H and O–H groups in total. The van der Waals surface area contributed by atoms with Gasteiger partial charge in [-0.15, -0.1) is 0 Å². The minimum absolute atomic E-state index is 0.259. The molecule has 0 radical (unpaired) electrons. The number of thiazole rings is 1. The van der Waals surface area contributed by atoms with Crippen LogP contribution in [0.1, 0.15) is 15.2 Å². The van der Waals surface area contributed by atoms with Crippen LogP contribution in [0.25, 0.3) is 0 Å². The van der Waals surface area contributed by atoms with E-state index in [1.165, 1.54) is 17.5 Å². The molecule has 2 heterocycles. The number of aryl methyl sites for hydroxylation is 1. The van der Waals surface area contributed by atoms with Crippen molar-refractivity contribution in [2.45, 2.75) is 6.92 Å². The Hall–Kier alpha value is -1.78. The molecule has 0 aliphatic carbocycles. The highest BCUT2D eigenvalue weighted by atomic mass is 127. The zero-order valence-electron chi connectivity index (χ0n) is 12.4. The highest BCUT2D eigenvalue weighted by Crippen LogP contribution is 2.27. The van der Waals surface area contributed by atoms with Crippen LogP contribution in [0.5, 0.6) is 0 Å². The highest BCUT2D eigenvalue weighted by Gasteiger charge is 2.14. The van der Waals surface area contributed by atoms with Gasteiger partial charge in [-0.25, -0.2) is 9.97 Å². The van der Waals surface area contributed by atoms with Crippen LogP contribution in [-0.4, -0.2) is 20.9 Å². The Bertz CT molecular complexity index is 881. The Balaban J connectivity index is 1.74. The van der Waals surface area contributed by atoms with Crippen LogP contribution in [0.15, 0.2) is 36.8 Å². The van der Waals surface area contributed by atoms with Gasteiger partial charge in [0, 0.05) is 0 Å². The minimum atomic E-state index is -0.259. The zero-order chi connectivity index (χ0) is 17.1. The fourth-order valence-corrected chi connectivity index (χ4v) is 3.32. The van der Waals surface area contributed by atoms with Gasteiger partial charge < -0.3 is 10.6 Å². The van der Waals surface area contributed by atoms with Crippen molar-refractivity contribution >= 4 is 68.1 Å². The molecule has 3 rings (SSSR count). The molecule has 0 aliphatic rings. The lowest BCUT2D eigenvalue weighted by molar-refractivity contribution is 0.103. The second-order valence-electron chi connectivity index (χ2n) is 4.77. The van der Waals surface area contributed by atoms with Gasteiger partial charge in [0.25, 0.3) is 5.91 Å². The predicted octanol–water partition coefficient (Wildman–Crippen LogP) is 4.50. The van der Waals surface area contributed by atoms with Crippen LogP contribution in [0.3, 0.4) is 0 Å². The summed E-state index contributed by atoms with van der Waals surface area (Å²) in [5, 5.41) is 6.92. The van der Waals surface area contributed by atoms with Crippen LogP contribution in [0, 0.1) is 10.6 Å². The number of aromatic nitrogens is 3. The predicted molar refractivity (Wildman–Crippen MR) is 104 cm³/mol. The standard InChI is InChI=1S/C15H11ClIN5OS/c1-8-3-2-4-9(16)13(8)22-14(23)10-5-19-15(24-10)21-12-7-18-6-11(17)20-12/h2-7H,1H3,(H,22,23)(H,19,20,21). The van der Waals surface area contributed by atoms with Crippen molar-refractivity contribution in [2.75, 3.05) is 10.6 Å². The van der Waals surface area contributed by atoms with Crippen molar-refractivity contribution in [2.24, 2.45) is 0 Å². The number of anilines is 3. The number of halogens is 2. The van der Waals surface area contributed by atoms with E-state index in [9.17, 15) is 4.79 Å². The number of nitrogens with one attached hydrogen (secondary N) is 2. The molecule has 0 bridgehead atoms. The van der Waals surface area contributed by atoms with Gasteiger partial charge >= 0.3 is 0 Å². The smallest absolute Gasteiger partial charge is 0.267 e. The summed E-state index contributed by atoms with van der Waals surface area (Å²) in [7, 11) is 0. The molecule has 3 aromatic rings. The van der Waals surface area contributed by atoms with Crippen molar-refractivity contribution in [1.29, 1.82) is 0 Å². The molecule has 6 nitrogen and oxygen atoms in total. The maximum Gasteiger partial charge on any atom is 0.267 e. The molecule has 0 unspecified atom stereocenters. The van der Waals surface area contributed by atoms with E-state index in [4.69, 9.17) is 11.6 Å². The Morgan fingerprint density at radius 3 is 2.88 bits per heavy atom. The largest absolute Gasteiger partial charge is 0.320 e. The average Bonchev–Trinajstić information content (AvgIpc) is 2.99. The van der Waals surface area contributed by atoms with Crippen LogP contribution >= 0.6 is 45.5 Å². The molecule has 0 saturated carbocycles. The third-order valence-electron chi connectivity index (χ3n) is 3.03. The molecule has 0 fully saturated rings. The van der Waals surface area contributed by atoms with E-state index in [-0.39, 0.29) is 5.91 Å². The third-order valence-corrected chi connectivity index (χ3v) is 4.78. The monoisotopic (exact) mass is 471 g/mol. The fourth-order valence-electron chi connectivity index (χ4n) is 1.91. The van der Waals surface area contributed by atoms with Crippen LogP contribution < -0.4 is 10.6 Å². The summed E-state index contributed by atoms with van der Waals surface area (Å²) in [6, 6.07) is 5.46. The van der Waals surface area contributed by atoms with E-state index < -0.39 is 0 Å². The molecule has 0 spiro atoms. The van der Waals surface area contributed by atoms with Crippen molar-refractivity contribution in [3.8, 4) is 0 Å². The minimum Gasteiger partial charge on any atom is -0.320 e. The summed E-state index contributed by atoms with van der Waals surface area (Å²) in [6.45, 7) is 1.89. The number of para-hydroxylation sites is 1. The van der Waals surface area contributed by atoms with E-state index in [1.807, 2.05) is 19.1 Å². The maximum absolute atomic E-state index is 12.4. The van der Waals surface area contributed by atoms with Crippen molar-refractivity contribution in [3.63, 3.8) is 0 Å². The quantitative estimate of drug-likeness (QED) is 0.548. The molecule has 122 valence electrons. The van der Waals surface area contributed by atoms with Gasteiger partial charge in [0.2, 0.25) is 0 Å². The lowest BCUT2D eigenvalue weighted by Gasteiger charge is -2.08. The summed E-state index contributed by atoms with van der Waals surface area (Å²) in [6.07, 6.45) is 4.75. The van der Waals surface area contributed by atoms with Crippen molar-refractivity contribution in [1.82, 2.24) is 15.0 Å². The van der Waals surface area contributed by atoms with Gasteiger partial charge in [0.1, 0.15) is 8.58 Å². The molecule has 0 saturated heterocycles. The molecular formula is C15H11ClIN5OS. The lowest BCUT2D eigenvalue weighted by Crippen LogP contribution is -2.11. The average molecular weight is 472 g/mol. The molecule has 1 amide bonds. The van der Waals surface area contributed by atoms with Gasteiger partial charge in [-0.2, -0.15) is 0 Å². The first-order valence-electron chi connectivity index (χ1n) is 6.80. The van der Waals surface area contributed by atoms with E-state index in [1.54, 1.807) is 18.5 Å². The van der Waals surface area contributed by atoms with E-state index in [0.717, 1.165) is 9.26 Å². The first-order chi connectivity index (χ1) is 11.5. The SMILES string of the molecule is Cc1cccc(Cl)c1NC(=O)c1cnc(Nc2cncc(I)n2)s1. The maximum atomic E-state index is 12.4. The molecule has 24 heavy (non-hydrogen) atoms. The Morgan fingerprint density at radius 1 is 1.29 bits per heavy atom. The number of nitrogens with zero attached hydrogens (tertiary/aromatic N) is 3. The van der Waals surface area contributed by atoms with Gasteiger partial charge in [-0.1, -0.05) is 35.1 Å². The summed E-state index contributed by atoms with van der Waals surface area (Å²) in [5.41, 5.74) is 1.50. The molecular weight excluding hydrogens is 461 g/mol. The van der Waals surface area contributed by atoms with Gasteiger partial charge in [0.05, 0.1) is 29.3 Å². The number of hydrogen-bond donors (Lipinski definition) is 2. The van der Waals surface area contributed by atoms with Crippen molar-refractivity contribution < 1.29 is 4.79 Å². The number of amides is 1. The van der Waals surface area contributed by atoms with E-state index in [2.05, 4.69) is 48.2 Å². The van der Waals surface area contributed by atoms with Crippen LogP contribution in [-0.2, 0) is 0 Å². The van der Waals surface area contributed by atoms with Gasteiger partial charge in [-0.05, 0) is 41.1 Å². The summed E-state index contributed by atoms with van der Waals surface area (Å²) in [5.74, 6) is 0.315. The topological polar surface area (TPSA) is 79.8 Å². The Kier molecular flexibility index (Phi) is 5.27. The number of hydrogen-bond acceptors (Lipinski definition) is 6. The first-order valence-corrected chi connectivity index (χ1v) is 9.07. The molecule has 0 atom stereocenters. The summed E-state index contributed by atoms with van der Waals surface area (Å²) in [4.78, 5) is 25.4. The molecule has 1 aromatic carbocycles. The zero-order valence-corrected chi connectivity index (χ0v) is 16.1. The molecule has 2 aromatic heterocycles. The molecule has 9 heteroatoms. The summed E-state index contributed by atoms with van der Waals surface area (Å²) < 4.78 is 0.765. The Morgan fingerprint density at radius 2 is 2.12 bits per heavy atom. The summed E-state index contributed by atoms with van der Waals surface area (Å²) >= 11 is 9.43. The second-order valence-corrected chi connectivity index (χ2v) is 7.31. The number of carbonyl (C=O) groups excluding carboxylic acids is 1. The van der Waals surface area contributed by atoms with Crippen molar-refractivity contribution in [3.05, 3.63) is 56.0 Å². The van der Waals surface area contributed by atoms with E-state index >= 15 is 0 Å². The number of rotatable bonds is 4. The molecule has 0 aliphatic heterocycles. The van der Waals surface area contributed by atoms with Gasteiger partial charge in [0.15, 0.2) is 10.9 Å². The normalized spacial score (nSPS) is 10.5. The van der Waals surface area contributed by atoms with Crippen LogP contribution in [0.2, 0.25) is 5.02 Å². The second kappa shape index (κ2) is 7.41. The third kappa shape index (κ3) is 4.00. The fraction of sp³-hybridized carbons (Fsp3) is 0.0667. The Labute approximate surface area is 160 Å². The highest BCUT2D eigenvalue weighted by molar-refractivity contribution is 14.1.